The van der Waals surface area contributed by atoms with Gasteiger partial charge in [0.2, 0.25) is 0 Å². The average Bonchev–Trinajstić information content (AvgIpc) is 2.90. The fraction of sp³-hybridized carbons (Fsp3) is 0.536. The number of likely N-dealkylation sites (tertiary alicyclic amines) is 1. The highest BCUT2D eigenvalue weighted by molar-refractivity contribution is 6.30. The third kappa shape index (κ3) is 6.05. The third-order valence-electron chi connectivity index (χ3n) is 6.92. The quantitative estimate of drug-likeness (QED) is 0.543. The van der Waals surface area contributed by atoms with Gasteiger partial charge in [-0.1, -0.05) is 41.4 Å². The monoisotopic (exact) mass is 483 g/mol. The first-order valence-corrected chi connectivity index (χ1v) is 12.8. The van der Waals surface area contributed by atoms with E-state index in [1.807, 2.05) is 37.8 Å². The number of carbonyl (C=O) groups excluding carboxylic acids is 1. The van der Waals surface area contributed by atoms with E-state index in [0.29, 0.717) is 12.1 Å². The summed E-state index contributed by atoms with van der Waals surface area (Å²) >= 11 is 6.15. The van der Waals surface area contributed by atoms with Gasteiger partial charge < -0.3 is 14.5 Å². The van der Waals surface area contributed by atoms with Gasteiger partial charge in [0.1, 0.15) is 5.60 Å². The van der Waals surface area contributed by atoms with Crippen molar-refractivity contribution >= 4 is 23.4 Å². The minimum Gasteiger partial charge on any atom is -0.444 e. The van der Waals surface area contributed by atoms with Crippen LogP contribution in [0, 0.1) is 6.92 Å². The van der Waals surface area contributed by atoms with Crippen molar-refractivity contribution in [1.29, 1.82) is 0 Å². The van der Waals surface area contributed by atoms with Gasteiger partial charge in [-0.05, 0) is 76.3 Å². The summed E-state index contributed by atoms with van der Waals surface area (Å²) in [6, 6.07) is 15.9. The first kappa shape index (κ1) is 24.9. The van der Waals surface area contributed by atoms with Gasteiger partial charge in [-0.2, -0.15) is 0 Å². The Morgan fingerprint density at radius 1 is 1.09 bits per heavy atom. The smallest absolute Gasteiger partial charge is 0.410 e. The van der Waals surface area contributed by atoms with Crippen molar-refractivity contribution in [1.82, 2.24) is 9.80 Å². The molecule has 6 heteroatoms. The summed E-state index contributed by atoms with van der Waals surface area (Å²) in [4.78, 5) is 19.6. The van der Waals surface area contributed by atoms with E-state index in [2.05, 4.69) is 54.1 Å². The number of piperidine rings is 1. The topological polar surface area (TPSA) is 36.0 Å². The molecule has 2 heterocycles. The van der Waals surface area contributed by atoms with E-state index < -0.39 is 5.60 Å². The van der Waals surface area contributed by atoms with Crippen molar-refractivity contribution in [3.63, 3.8) is 0 Å². The first-order valence-electron chi connectivity index (χ1n) is 12.4. The van der Waals surface area contributed by atoms with Gasteiger partial charge in [0.15, 0.2) is 0 Å². The van der Waals surface area contributed by atoms with Crippen LogP contribution in [0.3, 0.4) is 0 Å². The van der Waals surface area contributed by atoms with Crippen LogP contribution in [-0.2, 0) is 17.7 Å². The highest BCUT2D eigenvalue weighted by atomic mass is 35.5. The molecule has 1 amide bonds. The number of amides is 1. The molecular weight excluding hydrogens is 446 g/mol. The SMILES string of the molecule is Cc1ccc2c(c1)CN(C1CCN(C(=O)OC(C)(C)C)CC1)C(Cc1ccc(Cl)cc1)CN2C. The third-order valence-corrected chi connectivity index (χ3v) is 7.17. The molecule has 2 aromatic carbocycles. The van der Waals surface area contributed by atoms with E-state index in [9.17, 15) is 4.79 Å². The Morgan fingerprint density at radius 3 is 2.41 bits per heavy atom. The number of anilines is 1. The molecule has 0 aliphatic carbocycles. The average molecular weight is 484 g/mol. The van der Waals surface area contributed by atoms with Gasteiger partial charge in [0.25, 0.3) is 0 Å². The second-order valence-electron chi connectivity index (χ2n) is 10.9. The van der Waals surface area contributed by atoms with Crippen molar-refractivity contribution < 1.29 is 9.53 Å². The molecule has 2 aromatic rings. The van der Waals surface area contributed by atoms with Crippen LogP contribution in [0.1, 0.15) is 50.3 Å². The van der Waals surface area contributed by atoms with Gasteiger partial charge in [-0.25, -0.2) is 4.79 Å². The van der Waals surface area contributed by atoms with Crippen molar-refractivity contribution in [3.05, 3.63) is 64.2 Å². The predicted octanol–water partition coefficient (Wildman–Crippen LogP) is 5.91. The summed E-state index contributed by atoms with van der Waals surface area (Å²) in [5.41, 5.74) is 4.84. The summed E-state index contributed by atoms with van der Waals surface area (Å²) in [7, 11) is 2.21. The fourth-order valence-corrected chi connectivity index (χ4v) is 5.39. The zero-order chi connectivity index (χ0) is 24.5. The standard InChI is InChI=1S/C28H38ClN3O2/c1-20-6-11-26-22(16-20)18-32(24-12-14-31(15-13-24)27(33)34-28(2,3)4)25(19-30(26)5)17-21-7-9-23(29)10-8-21/h6-11,16,24-25H,12-15,17-19H2,1-5H3. The molecular formula is C28H38ClN3O2. The van der Waals surface area contributed by atoms with Gasteiger partial charge in [0, 0.05) is 56.0 Å². The lowest BCUT2D eigenvalue weighted by molar-refractivity contribution is 0.0103. The van der Waals surface area contributed by atoms with Crippen LogP contribution in [0.2, 0.25) is 5.02 Å². The van der Waals surface area contributed by atoms with E-state index in [4.69, 9.17) is 16.3 Å². The predicted molar refractivity (Wildman–Crippen MR) is 140 cm³/mol. The van der Waals surface area contributed by atoms with Crippen LogP contribution in [-0.4, -0.2) is 60.3 Å². The van der Waals surface area contributed by atoms with Crippen LogP contribution in [0.15, 0.2) is 42.5 Å². The molecule has 0 bridgehead atoms. The number of ether oxygens (including phenoxy) is 1. The number of nitrogens with zero attached hydrogens (tertiary/aromatic N) is 3. The zero-order valence-electron chi connectivity index (χ0n) is 21.2. The summed E-state index contributed by atoms with van der Waals surface area (Å²) < 4.78 is 5.62. The van der Waals surface area contributed by atoms with E-state index in [-0.39, 0.29) is 6.09 Å². The lowest BCUT2D eigenvalue weighted by Crippen LogP contribution is -2.52. The molecule has 2 aliphatic rings. The molecule has 5 nitrogen and oxygen atoms in total. The number of hydrogen-bond donors (Lipinski definition) is 0. The lowest BCUT2D eigenvalue weighted by atomic mass is 9.97. The van der Waals surface area contributed by atoms with Crippen LogP contribution < -0.4 is 4.90 Å². The number of aryl methyl sites for hydroxylation is 1. The Bertz CT molecular complexity index is 994. The van der Waals surface area contributed by atoms with E-state index >= 15 is 0 Å². The highest BCUT2D eigenvalue weighted by Crippen LogP contribution is 2.32. The molecule has 0 radical (unpaired) electrons. The normalized spacial score (nSPS) is 20.1. The summed E-state index contributed by atoms with van der Waals surface area (Å²) in [5, 5.41) is 0.774. The molecule has 0 saturated carbocycles. The molecule has 0 spiro atoms. The Hall–Kier alpha value is -2.24. The summed E-state index contributed by atoms with van der Waals surface area (Å²) in [6.07, 6.45) is 2.70. The highest BCUT2D eigenvalue weighted by Gasteiger charge is 2.35. The van der Waals surface area contributed by atoms with E-state index in [1.165, 1.54) is 22.4 Å². The van der Waals surface area contributed by atoms with Gasteiger partial charge in [-0.3, -0.25) is 4.90 Å². The number of fused-ring (bicyclic) bond motifs is 1. The number of carbonyl (C=O) groups is 1. The lowest BCUT2D eigenvalue weighted by Gasteiger charge is -2.42. The van der Waals surface area contributed by atoms with Gasteiger partial charge in [-0.15, -0.1) is 0 Å². The first-order chi connectivity index (χ1) is 16.1. The molecule has 2 aliphatic heterocycles. The molecule has 4 rings (SSSR count). The Labute approximate surface area is 209 Å². The number of rotatable bonds is 3. The molecule has 0 N–H and O–H groups in total. The number of halogens is 1. The van der Waals surface area contributed by atoms with Crippen LogP contribution >= 0.6 is 11.6 Å². The number of benzene rings is 2. The van der Waals surface area contributed by atoms with Crippen LogP contribution in [0.4, 0.5) is 10.5 Å². The fourth-order valence-electron chi connectivity index (χ4n) is 5.27. The second-order valence-corrected chi connectivity index (χ2v) is 11.3. The van der Waals surface area contributed by atoms with Crippen molar-refractivity contribution in [2.45, 2.75) is 71.2 Å². The maximum Gasteiger partial charge on any atom is 0.410 e. The molecule has 184 valence electrons. The summed E-state index contributed by atoms with van der Waals surface area (Å²) in [5.74, 6) is 0. The second kappa shape index (κ2) is 10.2. The maximum absolute atomic E-state index is 12.6. The zero-order valence-corrected chi connectivity index (χ0v) is 21.9. The minimum absolute atomic E-state index is 0.194. The minimum atomic E-state index is -0.464. The van der Waals surface area contributed by atoms with Crippen molar-refractivity contribution in [2.24, 2.45) is 0 Å². The Balaban J connectivity index is 1.55. The number of hydrogen-bond acceptors (Lipinski definition) is 4. The largest absolute Gasteiger partial charge is 0.444 e. The van der Waals surface area contributed by atoms with E-state index in [0.717, 1.165) is 50.5 Å². The Morgan fingerprint density at radius 2 is 1.76 bits per heavy atom. The van der Waals surface area contributed by atoms with Crippen LogP contribution in [0.25, 0.3) is 0 Å². The van der Waals surface area contributed by atoms with Crippen molar-refractivity contribution in [3.8, 4) is 0 Å². The summed E-state index contributed by atoms with van der Waals surface area (Å²) in [6.45, 7) is 11.3. The maximum atomic E-state index is 12.6. The van der Waals surface area contributed by atoms with Crippen molar-refractivity contribution in [2.75, 3.05) is 31.6 Å². The van der Waals surface area contributed by atoms with Gasteiger partial charge >= 0.3 is 6.09 Å². The number of likely N-dealkylation sites (N-methyl/N-ethyl adjacent to an activating group) is 1. The molecule has 1 atom stereocenters. The molecule has 1 fully saturated rings. The van der Waals surface area contributed by atoms with E-state index in [1.54, 1.807) is 0 Å². The molecule has 1 unspecified atom stereocenters. The van der Waals surface area contributed by atoms with Gasteiger partial charge in [0.05, 0.1) is 0 Å². The van der Waals surface area contributed by atoms with Crippen LogP contribution in [0.5, 0.6) is 0 Å². The molecule has 34 heavy (non-hydrogen) atoms. The molecule has 1 saturated heterocycles. The molecule has 0 aromatic heterocycles. The Kier molecular flexibility index (Phi) is 7.44.